The summed E-state index contributed by atoms with van der Waals surface area (Å²) >= 11 is 0. The number of anilines is 1. The van der Waals surface area contributed by atoms with E-state index in [0.29, 0.717) is 29.7 Å². The summed E-state index contributed by atoms with van der Waals surface area (Å²) in [5.41, 5.74) is 6.70. The van der Waals surface area contributed by atoms with Crippen molar-refractivity contribution in [3.63, 3.8) is 0 Å². The average molecular weight is 438 g/mol. The SMILES string of the molecule is CN(c1ccnc(C(=CN)c2cnccn2)n1)C1CC12CCCN(C(=O)OC(C)(C)C)C2. The number of ether oxygens (including phenoxy) is 1. The Kier molecular flexibility index (Phi) is 5.75. The van der Waals surface area contributed by atoms with Crippen molar-refractivity contribution in [2.75, 3.05) is 25.0 Å². The van der Waals surface area contributed by atoms with Crippen LogP contribution in [-0.2, 0) is 4.74 Å². The third-order valence-corrected chi connectivity index (χ3v) is 6.12. The highest BCUT2D eigenvalue weighted by Crippen LogP contribution is 2.55. The molecule has 2 aromatic rings. The molecule has 1 spiro atoms. The molecule has 2 unspecified atom stereocenters. The first-order chi connectivity index (χ1) is 15.2. The summed E-state index contributed by atoms with van der Waals surface area (Å²) < 4.78 is 5.60. The highest BCUT2D eigenvalue weighted by molar-refractivity contribution is 5.73. The number of carbonyl (C=O) groups excluding carboxylic acids is 1. The Bertz CT molecular complexity index is 1000. The van der Waals surface area contributed by atoms with Crippen molar-refractivity contribution in [2.45, 2.75) is 51.7 Å². The first-order valence-electron chi connectivity index (χ1n) is 10.9. The van der Waals surface area contributed by atoms with Gasteiger partial charge in [-0.15, -0.1) is 0 Å². The Morgan fingerprint density at radius 3 is 2.81 bits per heavy atom. The van der Waals surface area contributed by atoms with Crippen LogP contribution in [0.1, 0.15) is 51.6 Å². The van der Waals surface area contributed by atoms with Crippen LogP contribution in [0.3, 0.4) is 0 Å². The van der Waals surface area contributed by atoms with Gasteiger partial charge in [-0.05, 0) is 46.1 Å². The molecule has 1 saturated carbocycles. The van der Waals surface area contributed by atoms with Gasteiger partial charge in [0.2, 0.25) is 0 Å². The van der Waals surface area contributed by atoms with Crippen molar-refractivity contribution < 1.29 is 9.53 Å². The first kappa shape index (κ1) is 22.0. The summed E-state index contributed by atoms with van der Waals surface area (Å²) in [6, 6.07) is 2.20. The molecule has 4 rings (SSSR count). The zero-order valence-electron chi connectivity index (χ0n) is 19.2. The molecule has 0 bridgehead atoms. The molecule has 1 aliphatic heterocycles. The molecule has 1 amide bonds. The van der Waals surface area contributed by atoms with Crippen LogP contribution >= 0.6 is 0 Å². The summed E-state index contributed by atoms with van der Waals surface area (Å²) in [6.07, 6.45) is 10.9. The lowest BCUT2D eigenvalue weighted by atomic mass is 9.94. The van der Waals surface area contributed by atoms with Gasteiger partial charge in [-0.3, -0.25) is 9.97 Å². The monoisotopic (exact) mass is 437 g/mol. The molecule has 2 fully saturated rings. The number of hydrogen-bond acceptors (Lipinski definition) is 8. The molecule has 9 heteroatoms. The van der Waals surface area contributed by atoms with E-state index in [2.05, 4.69) is 19.9 Å². The fourth-order valence-corrected chi connectivity index (χ4v) is 4.50. The smallest absolute Gasteiger partial charge is 0.410 e. The topological polar surface area (TPSA) is 110 Å². The minimum atomic E-state index is -0.490. The summed E-state index contributed by atoms with van der Waals surface area (Å²) in [5, 5.41) is 0. The van der Waals surface area contributed by atoms with Crippen LogP contribution < -0.4 is 10.6 Å². The van der Waals surface area contributed by atoms with Gasteiger partial charge >= 0.3 is 6.09 Å². The Morgan fingerprint density at radius 2 is 2.12 bits per heavy atom. The molecule has 2 N–H and O–H groups in total. The van der Waals surface area contributed by atoms with Crippen LogP contribution in [0.25, 0.3) is 5.57 Å². The number of rotatable bonds is 4. The van der Waals surface area contributed by atoms with Gasteiger partial charge in [0, 0.05) is 56.4 Å². The average Bonchev–Trinajstić information content (AvgIpc) is 3.46. The molecule has 0 radical (unpaired) electrons. The molecule has 3 heterocycles. The highest BCUT2D eigenvalue weighted by Gasteiger charge is 2.58. The van der Waals surface area contributed by atoms with Gasteiger partial charge < -0.3 is 20.3 Å². The highest BCUT2D eigenvalue weighted by atomic mass is 16.6. The van der Waals surface area contributed by atoms with Crippen molar-refractivity contribution in [3.8, 4) is 0 Å². The van der Waals surface area contributed by atoms with E-state index < -0.39 is 5.60 Å². The Hall–Kier alpha value is -3.23. The predicted octanol–water partition coefficient (Wildman–Crippen LogP) is 2.84. The summed E-state index contributed by atoms with van der Waals surface area (Å²) in [6.45, 7) is 7.15. The van der Waals surface area contributed by atoms with E-state index in [9.17, 15) is 4.79 Å². The van der Waals surface area contributed by atoms with Crippen molar-refractivity contribution in [3.05, 3.63) is 48.6 Å². The predicted molar refractivity (Wildman–Crippen MR) is 122 cm³/mol. The van der Waals surface area contributed by atoms with E-state index in [1.807, 2.05) is 38.8 Å². The Labute approximate surface area is 188 Å². The van der Waals surface area contributed by atoms with E-state index in [4.69, 9.17) is 15.5 Å². The van der Waals surface area contributed by atoms with Gasteiger partial charge in [-0.25, -0.2) is 14.8 Å². The molecule has 170 valence electrons. The van der Waals surface area contributed by atoms with Crippen LogP contribution in [0.5, 0.6) is 0 Å². The maximum absolute atomic E-state index is 12.6. The van der Waals surface area contributed by atoms with Crippen LogP contribution in [-0.4, -0.2) is 62.7 Å². The quantitative estimate of drug-likeness (QED) is 0.777. The molecule has 9 nitrogen and oxygen atoms in total. The number of nitrogens with zero attached hydrogens (tertiary/aromatic N) is 6. The van der Waals surface area contributed by atoms with Gasteiger partial charge in [0.1, 0.15) is 11.4 Å². The van der Waals surface area contributed by atoms with Gasteiger partial charge in [-0.2, -0.15) is 0 Å². The van der Waals surface area contributed by atoms with Gasteiger partial charge in [0.15, 0.2) is 5.82 Å². The Balaban J connectivity index is 1.48. The van der Waals surface area contributed by atoms with Crippen molar-refractivity contribution >= 4 is 17.5 Å². The summed E-state index contributed by atoms with van der Waals surface area (Å²) in [7, 11) is 2.05. The molecular weight excluding hydrogens is 406 g/mol. The first-order valence-corrected chi connectivity index (χ1v) is 10.9. The second-order valence-corrected chi connectivity index (χ2v) is 9.61. The Morgan fingerprint density at radius 1 is 1.31 bits per heavy atom. The third kappa shape index (κ3) is 4.51. The van der Waals surface area contributed by atoms with Crippen LogP contribution in [0.4, 0.5) is 10.6 Å². The standard InChI is InChI=1S/C23H31N7O2/c1-22(2,3)32-21(31)30-11-5-7-23(15-30)12-18(23)29(4)19-6-8-27-20(28-19)16(13-24)17-14-25-9-10-26-17/h6,8-10,13-14,18H,5,7,11-12,15,24H2,1-4H3. The largest absolute Gasteiger partial charge is 0.444 e. The molecule has 2 aromatic heterocycles. The minimum Gasteiger partial charge on any atom is -0.444 e. The van der Waals surface area contributed by atoms with Crippen molar-refractivity contribution in [1.29, 1.82) is 0 Å². The van der Waals surface area contributed by atoms with Gasteiger partial charge in [-0.1, -0.05) is 0 Å². The lowest BCUT2D eigenvalue weighted by Crippen LogP contribution is -2.45. The molecule has 1 aliphatic carbocycles. The summed E-state index contributed by atoms with van der Waals surface area (Å²) in [4.78, 5) is 34.2. The minimum absolute atomic E-state index is 0.0759. The zero-order chi connectivity index (χ0) is 22.9. The van der Waals surface area contributed by atoms with E-state index in [1.54, 1.807) is 24.8 Å². The van der Waals surface area contributed by atoms with Gasteiger partial charge in [0.25, 0.3) is 0 Å². The zero-order valence-corrected chi connectivity index (χ0v) is 19.2. The van der Waals surface area contributed by atoms with Crippen molar-refractivity contribution in [2.24, 2.45) is 11.1 Å². The lowest BCUT2D eigenvalue weighted by molar-refractivity contribution is 0.0144. The molecular formula is C23H31N7O2. The van der Waals surface area contributed by atoms with E-state index >= 15 is 0 Å². The number of amides is 1. The number of piperidine rings is 1. The molecule has 2 aliphatic rings. The lowest BCUT2D eigenvalue weighted by Gasteiger charge is -2.36. The van der Waals surface area contributed by atoms with E-state index in [0.717, 1.165) is 31.6 Å². The van der Waals surface area contributed by atoms with Crippen LogP contribution in [0.15, 0.2) is 37.1 Å². The third-order valence-electron chi connectivity index (χ3n) is 6.12. The summed E-state index contributed by atoms with van der Waals surface area (Å²) in [5.74, 6) is 1.32. The van der Waals surface area contributed by atoms with Crippen molar-refractivity contribution in [1.82, 2.24) is 24.8 Å². The maximum atomic E-state index is 12.6. The van der Waals surface area contributed by atoms with Gasteiger partial charge in [0.05, 0.1) is 17.5 Å². The second-order valence-electron chi connectivity index (χ2n) is 9.61. The fourth-order valence-electron chi connectivity index (χ4n) is 4.50. The number of hydrogen-bond donors (Lipinski definition) is 1. The number of nitrogens with two attached hydrogens (primary N) is 1. The molecule has 1 saturated heterocycles. The normalized spacial score (nSPS) is 23.2. The fraction of sp³-hybridized carbons (Fsp3) is 0.522. The number of carbonyl (C=O) groups is 1. The second kappa shape index (κ2) is 8.37. The van der Waals surface area contributed by atoms with Crippen LogP contribution in [0, 0.1) is 5.41 Å². The van der Waals surface area contributed by atoms with E-state index in [1.165, 1.54) is 6.20 Å². The molecule has 2 atom stereocenters. The number of aromatic nitrogens is 4. The number of likely N-dealkylation sites (tertiary alicyclic amines) is 1. The molecule has 0 aromatic carbocycles. The van der Waals surface area contributed by atoms with E-state index in [-0.39, 0.29) is 11.5 Å². The maximum Gasteiger partial charge on any atom is 0.410 e. The molecule has 32 heavy (non-hydrogen) atoms. The van der Waals surface area contributed by atoms with Crippen LogP contribution in [0.2, 0.25) is 0 Å².